The van der Waals surface area contributed by atoms with Gasteiger partial charge in [0.15, 0.2) is 0 Å². The van der Waals surface area contributed by atoms with Crippen LogP contribution in [-0.4, -0.2) is 0 Å². The van der Waals surface area contributed by atoms with Gasteiger partial charge in [-0.05, 0) is 109 Å². The van der Waals surface area contributed by atoms with Crippen LogP contribution >= 0.6 is 0 Å². The summed E-state index contributed by atoms with van der Waals surface area (Å²) in [6.07, 6.45) is 0. The molecule has 234 valence electrons. The van der Waals surface area contributed by atoms with Gasteiger partial charge in [-0.2, -0.15) is 0 Å². The van der Waals surface area contributed by atoms with E-state index in [9.17, 15) is 5.48 Å². The maximum Gasteiger partial charge on any atom is 0.135 e. The maximum atomic E-state index is 9.48. The molecule has 0 saturated carbocycles. The number of hydrogen-bond donors (Lipinski definition) is 0. The van der Waals surface area contributed by atoms with Gasteiger partial charge in [0.1, 0.15) is 11.2 Å². The van der Waals surface area contributed by atoms with Crippen molar-refractivity contribution in [1.82, 2.24) is 0 Å². The number of nitrogens with zero attached hydrogens (tertiary/aromatic N) is 1. The lowest BCUT2D eigenvalue weighted by Gasteiger charge is -2.27. The normalized spacial score (nSPS) is 12.7. The summed E-state index contributed by atoms with van der Waals surface area (Å²) in [6.45, 7) is 0. The van der Waals surface area contributed by atoms with Crippen molar-refractivity contribution in [1.29, 1.82) is 0 Å². The van der Waals surface area contributed by atoms with Crippen molar-refractivity contribution in [3.05, 3.63) is 188 Å². The summed E-state index contributed by atoms with van der Waals surface area (Å²) in [6, 6.07) is 54.2. The van der Waals surface area contributed by atoms with Gasteiger partial charge in [0.25, 0.3) is 0 Å². The zero-order valence-electron chi connectivity index (χ0n) is 30.9. The van der Waals surface area contributed by atoms with E-state index in [0.29, 0.717) is 11.3 Å². The molecule has 0 radical (unpaired) electrons. The summed E-state index contributed by atoms with van der Waals surface area (Å²) < 4.78 is 43.5. The molecule has 9 aromatic carbocycles. The number of furan rings is 1. The zero-order chi connectivity index (χ0) is 36.5. The lowest BCUT2D eigenvalue weighted by molar-refractivity contribution is 0.669. The lowest BCUT2D eigenvalue weighted by atomic mass is 9.94. The molecule has 0 aliphatic rings. The second kappa shape index (κ2) is 11.5. The Hall–Kier alpha value is -6.64. The lowest BCUT2D eigenvalue weighted by Crippen LogP contribution is -2.10. The second-order valence-corrected chi connectivity index (χ2v) is 12.6. The Balaban J connectivity index is 1.23. The van der Waals surface area contributed by atoms with Gasteiger partial charge in [0, 0.05) is 27.8 Å². The monoisotopic (exact) mass is 641 g/mol. The predicted octanol–water partition coefficient (Wildman–Crippen LogP) is 13.8. The van der Waals surface area contributed by atoms with Crippen molar-refractivity contribution in [3.63, 3.8) is 0 Å². The van der Waals surface area contributed by atoms with Crippen LogP contribution in [-0.2, 0) is 0 Å². The molecule has 0 amide bonds. The van der Waals surface area contributed by atoms with Crippen molar-refractivity contribution >= 4 is 71.3 Å². The molecule has 0 atom stereocenters. The molecule has 0 unspecified atom stereocenters. The van der Waals surface area contributed by atoms with E-state index in [1.54, 1.807) is 0 Å². The van der Waals surface area contributed by atoms with Crippen molar-refractivity contribution in [2.45, 2.75) is 0 Å². The van der Waals surface area contributed by atoms with Gasteiger partial charge >= 0.3 is 0 Å². The molecule has 50 heavy (non-hydrogen) atoms. The summed E-state index contributed by atoms with van der Waals surface area (Å²) in [4.78, 5) is 1.88. The molecule has 2 heteroatoms. The fourth-order valence-electron chi connectivity index (χ4n) is 7.34. The Bertz CT molecular complexity index is 3050. The highest BCUT2D eigenvalue weighted by Gasteiger charge is 2.17. The molecular formula is C48H31NO. The molecule has 1 aromatic heterocycles. The van der Waals surface area contributed by atoms with Gasteiger partial charge in [-0.25, -0.2) is 0 Å². The van der Waals surface area contributed by atoms with E-state index in [-0.39, 0.29) is 35.4 Å². The van der Waals surface area contributed by atoms with Gasteiger partial charge in [-0.15, -0.1) is 0 Å². The van der Waals surface area contributed by atoms with Gasteiger partial charge in [0.2, 0.25) is 0 Å². The molecule has 0 aliphatic heterocycles. The highest BCUT2D eigenvalue weighted by Crippen LogP contribution is 2.42. The van der Waals surface area contributed by atoms with E-state index in [1.165, 1.54) is 5.39 Å². The van der Waals surface area contributed by atoms with Crippen LogP contribution in [0.15, 0.2) is 192 Å². The molecule has 1 heterocycles. The molecule has 0 saturated heterocycles. The molecule has 0 N–H and O–H groups in total. The topological polar surface area (TPSA) is 16.4 Å². The van der Waals surface area contributed by atoms with E-state index < -0.39 is 0 Å². The van der Waals surface area contributed by atoms with Crippen LogP contribution in [0.5, 0.6) is 0 Å². The maximum absolute atomic E-state index is 9.48. The first-order valence-corrected chi connectivity index (χ1v) is 16.8. The third-order valence-electron chi connectivity index (χ3n) is 9.70. The van der Waals surface area contributed by atoms with E-state index in [0.717, 1.165) is 65.7 Å². The fourth-order valence-corrected chi connectivity index (χ4v) is 7.34. The molecular weight excluding hydrogens is 607 g/mol. The minimum absolute atomic E-state index is 0.0899. The number of rotatable bonds is 5. The fraction of sp³-hybridized carbons (Fsp3) is 0. The van der Waals surface area contributed by atoms with Gasteiger partial charge in [-0.3, -0.25) is 0 Å². The van der Waals surface area contributed by atoms with Gasteiger partial charge < -0.3 is 9.32 Å². The van der Waals surface area contributed by atoms with E-state index in [4.69, 9.17) is 4.42 Å². The van der Waals surface area contributed by atoms with Crippen LogP contribution < -0.4 is 4.90 Å². The van der Waals surface area contributed by atoms with Crippen molar-refractivity contribution in [3.8, 4) is 22.3 Å². The summed E-state index contributed by atoms with van der Waals surface area (Å²) in [5, 5.41) is 8.77. The Morgan fingerprint density at radius 1 is 0.320 bits per heavy atom. The quantitative estimate of drug-likeness (QED) is 0.174. The minimum Gasteiger partial charge on any atom is -0.456 e. The first kappa shape index (κ1) is 24.5. The van der Waals surface area contributed by atoms with Crippen LogP contribution in [0.25, 0.3) is 76.5 Å². The summed E-state index contributed by atoms with van der Waals surface area (Å²) >= 11 is 0. The second-order valence-electron chi connectivity index (χ2n) is 12.6. The minimum atomic E-state index is -0.116. The zero-order valence-corrected chi connectivity index (χ0v) is 26.9. The molecule has 10 rings (SSSR count). The molecule has 0 aliphatic carbocycles. The largest absolute Gasteiger partial charge is 0.456 e. The SMILES string of the molecule is [2H]c1c([2H])c(N(c2cccc(-c3ccc4oc5ccccc5c4c3)c2)c2ccc3c4ccccc4c4ccccc4c3c2)c([2H])c([2H])c1-c1ccccc1. The summed E-state index contributed by atoms with van der Waals surface area (Å²) in [5.74, 6) is 0. The van der Waals surface area contributed by atoms with E-state index in [1.807, 2.05) is 83.8 Å². The van der Waals surface area contributed by atoms with Crippen LogP contribution in [0.1, 0.15) is 5.48 Å². The molecule has 0 fully saturated rings. The summed E-state index contributed by atoms with van der Waals surface area (Å²) in [5.41, 5.74) is 6.12. The van der Waals surface area contributed by atoms with E-state index in [2.05, 4.69) is 84.9 Å². The van der Waals surface area contributed by atoms with Crippen LogP contribution in [0.4, 0.5) is 17.1 Å². The molecule has 0 bridgehead atoms. The van der Waals surface area contributed by atoms with Crippen LogP contribution in [0.3, 0.4) is 0 Å². The highest BCUT2D eigenvalue weighted by atomic mass is 16.3. The Morgan fingerprint density at radius 2 is 0.880 bits per heavy atom. The third-order valence-corrected chi connectivity index (χ3v) is 9.70. The van der Waals surface area contributed by atoms with E-state index >= 15 is 0 Å². The van der Waals surface area contributed by atoms with Crippen molar-refractivity contribution in [2.24, 2.45) is 0 Å². The highest BCUT2D eigenvalue weighted by molar-refractivity contribution is 6.25. The number of anilines is 3. The average molecular weight is 642 g/mol. The van der Waals surface area contributed by atoms with Crippen LogP contribution in [0, 0.1) is 0 Å². The first-order valence-electron chi connectivity index (χ1n) is 18.8. The third kappa shape index (κ3) is 4.65. The number of hydrogen-bond acceptors (Lipinski definition) is 2. The predicted molar refractivity (Wildman–Crippen MR) is 212 cm³/mol. The Kier molecular flexibility index (Phi) is 5.64. The Morgan fingerprint density at radius 3 is 1.62 bits per heavy atom. The van der Waals surface area contributed by atoms with Crippen molar-refractivity contribution < 1.29 is 9.90 Å². The molecule has 10 aromatic rings. The molecule has 0 spiro atoms. The smallest absolute Gasteiger partial charge is 0.135 e. The Labute approximate surface area is 295 Å². The number of para-hydroxylation sites is 1. The standard InChI is InChI=1S/C48H31NO/c1-2-11-32(12-3-1)33-21-24-36(25-22-33)49(38-26-27-43-41-17-5-4-15-39(41)40-16-6-7-18-42(40)45(43)31-38)37-14-10-13-34(29-37)35-23-28-48-46(30-35)44-19-8-9-20-47(44)50-48/h1-31H/i21D,22D,24D,25D. The molecule has 2 nitrogen and oxygen atoms in total. The van der Waals surface area contributed by atoms with Crippen molar-refractivity contribution in [2.75, 3.05) is 4.90 Å². The van der Waals surface area contributed by atoms with Gasteiger partial charge in [0.05, 0.1) is 5.48 Å². The first-order chi connectivity index (χ1) is 26.5. The number of benzene rings is 9. The summed E-state index contributed by atoms with van der Waals surface area (Å²) in [7, 11) is 0. The average Bonchev–Trinajstić information content (AvgIpc) is 3.60. The van der Waals surface area contributed by atoms with Crippen LogP contribution in [0.2, 0.25) is 0 Å². The number of fused-ring (bicyclic) bond motifs is 9. The van der Waals surface area contributed by atoms with Gasteiger partial charge in [-0.1, -0.05) is 133 Å².